The molecule has 0 spiro atoms. The topological polar surface area (TPSA) is 38.7 Å². The van der Waals surface area contributed by atoms with Crippen LogP contribution < -0.4 is 0 Å². The summed E-state index contributed by atoms with van der Waals surface area (Å²) in [5.74, 6) is -0.275. The third kappa shape index (κ3) is 2.24. The molecule has 0 aliphatic heterocycles. The summed E-state index contributed by atoms with van der Waals surface area (Å²) in [6.07, 6.45) is 3.15. The largest absolute Gasteiger partial charge is 0.245 e. The highest BCUT2D eigenvalue weighted by Gasteiger charge is 2.16. The molecule has 2 aromatic heterocycles. The normalized spacial score (nSPS) is 10.6. The molecule has 0 bridgehead atoms. The second-order valence-corrected chi connectivity index (χ2v) is 5.19. The van der Waals surface area contributed by atoms with Crippen molar-refractivity contribution >= 4 is 11.3 Å². The van der Waals surface area contributed by atoms with Gasteiger partial charge in [-0.25, -0.2) is 19.3 Å². The predicted molar refractivity (Wildman–Crippen MR) is 73.3 cm³/mol. The average Bonchev–Trinajstić information content (AvgIpc) is 2.82. The molecule has 0 fully saturated rings. The van der Waals surface area contributed by atoms with Crippen molar-refractivity contribution in [3.8, 4) is 21.8 Å². The molecular formula is C14H10FN3S. The first-order chi connectivity index (χ1) is 9.25. The molecule has 3 aromatic rings. The maximum absolute atomic E-state index is 13.9. The van der Waals surface area contributed by atoms with Gasteiger partial charge in [-0.1, -0.05) is 12.1 Å². The highest BCUT2D eigenvalue weighted by atomic mass is 32.1. The lowest BCUT2D eigenvalue weighted by molar-refractivity contribution is 0.631. The van der Waals surface area contributed by atoms with E-state index >= 15 is 0 Å². The van der Waals surface area contributed by atoms with Gasteiger partial charge in [0, 0.05) is 11.8 Å². The molecule has 1 aromatic carbocycles. The Bertz CT molecular complexity index is 710. The van der Waals surface area contributed by atoms with E-state index in [-0.39, 0.29) is 5.82 Å². The fraction of sp³-hybridized carbons (Fsp3) is 0.0714. The molecule has 0 atom stereocenters. The molecule has 19 heavy (non-hydrogen) atoms. The van der Waals surface area contributed by atoms with E-state index in [2.05, 4.69) is 15.0 Å². The van der Waals surface area contributed by atoms with Crippen LogP contribution in [0.15, 0.2) is 42.9 Å². The highest BCUT2D eigenvalue weighted by Crippen LogP contribution is 2.36. The van der Waals surface area contributed by atoms with Crippen molar-refractivity contribution in [2.24, 2.45) is 0 Å². The maximum atomic E-state index is 13.9. The SMILES string of the molecule is Cc1nc(-c2ccccc2F)c(-c2ccncn2)s1. The van der Waals surface area contributed by atoms with Crippen LogP contribution in [0, 0.1) is 12.7 Å². The number of benzene rings is 1. The number of thiazole rings is 1. The minimum Gasteiger partial charge on any atom is -0.245 e. The lowest BCUT2D eigenvalue weighted by atomic mass is 10.1. The van der Waals surface area contributed by atoms with Crippen molar-refractivity contribution in [2.45, 2.75) is 6.92 Å². The van der Waals surface area contributed by atoms with Gasteiger partial charge < -0.3 is 0 Å². The van der Waals surface area contributed by atoms with E-state index in [9.17, 15) is 4.39 Å². The standard InChI is InChI=1S/C14H10FN3S/c1-9-18-13(10-4-2-3-5-11(10)15)14(19-9)12-6-7-16-8-17-12/h2-8H,1H3. The van der Waals surface area contributed by atoms with Crippen LogP contribution >= 0.6 is 11.3 Å². The second-order valence-electron chi connectivity index (χ2n) is 3.99. The first-order valence-electron chi connectivity index (χ1n) is 5.74. The fourth-order valence-electron chi connectivity index (χ4n) is 1.86. The van der Waals surface area contributed by atoms with Crippen LogP contribution in [0.3, 0.4) is 0 Å². The van der Waals surface area contributed by atoms with Crippen molar-refractivity contribution in [1.29, 1.82) is 0 Å². The van der Waals surface area contributed by atoms with E-state index in [0.29, 0.717) is 11.3 Å². The van der Waals surface area contributed by atoms with Gasteiger partial charge in [0.2, 0.25) is 0 Å². The third-order valence-corrected chi connectivity index (χ3v) is 3.67. The zero-order valence-electron chi connectivity index (χ0n) is 10.2. The van der Waals surface area contributed by atoms with Gasteiger partial charge in [0.15, 0.2) is 0 Å². The minimum atomic E-state index is -0.275. The summed E-state index contributed by atoms with van der Waals surface area (Å²) in [5.41, 5.74) is 1.90. The number of aryl methyl sites for hydroxylation is 1. The highest BCUT2D eigenvalue weighted by molar-refractivity contribution is 7.15. The number of hydrogen-bond acceptors (Lipinski definition) is 4. The van der Waals surface area contributed by atoms with Crippen LogP contribution in [0.2, 0.25) is 0 Å². The van der Waals surface area contributed by atoms with Crippen molar-refractivity contribution in [3.05, 3.63) is 53.7 Å². The Hall–Kier alpha value is -2.14. The van der Waals surface area contributed by atoms with Crippen LogP contribution in [0.1, 0.15) is 5.01 Å². The average molecular weight is 271 g/mol. The summed E-state index contributed by atoms with van der Waals surface area (Å²) in [5, 5.41) is 0.881. The molecule has 0 unspecified atom stereocenters. The number of halogens is 1. The first-order valence-corrected chi connectivity index (χ1v) is 6.56. The van der Waals surface area contributed by atoms with Crippen LogP contribution in [0.4, 0.5) is 4.39 Å². The Morgan fingerprint density at radius 3 is 2.74 bits per heavy atom. The van der Waals surface area contributed by atoms with Crippen molar-refractivity contribution in [2.75, 3.05) is 0 Å². The Labute approximate surface area is 113 Å². The summed E-state index contributed by atoms with van der Waals surface area (Å²) in [6, 6.07) is 8.44. The minimum absolute atomic E-state index is 0.275. The Morgan fingerprint density at radius 1 is 1.16 bits per heavy atom. The maximum Gasteiger partial charge on any atom is 0.132 e. The van der Waals surface area contributed by atoms with E-state index in [1.165, 1.54) is 23.7 Å². The molecule has 0 N–H and O–H groups in total. The van der Waals surface area contributed by atoms with Crippen LogP contribution in [0.5, 0.6) is 0 Å². The van der Waals surface area contributed by atoms with Gasteiger partial charge in [-0.2, -0.15) is 0 Å². The number of nitrogens with zero attached hydrogens (tertiary/aromatic N) is 3. The lowest BCUT2D eigenvalue weighted by Crippen LogP contribution is -1.88. The van der Waals surface area contributed by atoms with E-state index in [1.54, 1.807) is 30.5 Å². The molecule has 5 heteroatoms. The summed E-state index contributed by atoms with van der Waals surface area (Å²) >= 11 is 1.50. The molecule has 2 heterocycles. The molecule has 3 rings (SSSR count). The van der Waals surface area contributed by atoms with Crippen molar-refractivity contribution in [1.82, 2.24) is 15.0 Å². The Kier molecular flexibility index (Phi) is 3.05. The van der Waals surface area contributed by atoms with Gasteiger partial charge in [-0.3, -0.25) is 0 Å². The van der Waals surface area contributed by atoms with Gasteiger partial charge in [0.05, 0.1) is 21.3 Å². The van der Waals surface area contributed by atoms with Crippen LogP contribution in [-0.2, 0) is 0 Å². The first kappa shape index (κ1) is 11.9. The van der Waals surface area contributed by atoms with E-state index in [4.69, 9.17) is 0 Å². The van der Waals surface area contributed by atoms with Gasteiger partial charge in [-0.05, 0) is 25.1 Å². The van der Waals surface area contributed by atoms with E-state index in [0.717, 1.165) is 15.6 Å². The predicted octanol–water partition coefficient (Wildman–Crippen LogP) is 3.71. The van der Waals surface area contributed by atoms with Gasteiger partial charge in [0.1, 0.15) is 12.1 Å². The summed E-state index contributed by atoms with van der Waals surface area (Å²) in [6.45, 7) is 1.90. The molecule has 0 aliphatic rings. The third-order valence-electron chi connectivity index (χ3n) is 2.68. The Balaban J connectivity index is 2.21. The number of rotatable bonds is 2. The van der Waals surface area contributed by atoms with Gasteiger partial charge in [-0.15, -0.1) is 11.3 Å². The van der Waals surface area contributed by atoms with Crippen molar-refractivity contribution < 1.29 is 4.39 Å². The van der Waals surface area contributed by atoms with E-state index in [1.807, 2.05) is 6.92 Å². The molecule has 94 valence electrons. The smallest absolute Gasteiger partial charge is 0.132 e. The number of aromatic nitrogens is 3. The molecule has 0 amide bonds. The molecular weight excluding hydrogens is 261 g/mol. The summed E-state index contributed by atoms with van der Waals surface area (Å²) < 4.78 is 13.9. The molecule has 0 radical (unpaired) electrons. The van der Waals surface area contributed by atoms with Gasteiger partial charge in [0.25, 0.3) is 0 Å². The second kappa shape index (κ2) is 4.85. The zero-order chi connectivity index (χ0) is 13.2. The molecule has 0 saturated carbocycles. The quantitative estimate of drug-likeness (QED) is 0.713. The molecule has 0 aliphatic carbocycles. The molecule has 0 saturated heterocycles. The zero-order valence-corrected chi connectivity index (χ0v) is 11.0. The fourth-order valence-corrected chi connectivity index (χ4v) is 2.77. The van der Waals surface area contributed by atoms with Crippen LogP contribution in [-0.4, -0.2) is 15.0 Å². The van der Waals surface area contributed by atoms with Crippen molar-refractivity contribution in [3.63, 3.8) is 0 Å². The van der Waals surface area contributed by atoms with Crippen LogP contribution in [0.25, 0.3) is 21.8 Å². The number of hydrogen-bond donors (Lipinski definition) is 0. The van der Waals surface area contributed by atoms with E-state index < -0.39 is 0 Å². The monoisotopic (exact) mass is 271 g/mol. The lowest BCUT2D eigenvalue weighted by Gasteiger charge is -2.02. The summed E-state index contributed by atoms with van der Waals surface area (Å²) in [4.78, 5) is 13.4. The van der Waals surface area contributed by atoms with Gasteiger partial charge >= 0.3 is 0 Å². The summed E-state index contributed by atoms with van der Waals surface area (Å²) in [7, 11) is 0. The Morgan fingerprint density at radius 2 is 2.00 bits per heavy atom. The molecule has 3 nitrogen and oxygen atoms in total.